The number of hydrogen-bond donors (Lipinski definition) is 1. The topological polar surface area (TPSA) is 38.7 Å². The molecule has 0 saturated carbocycles. The fourth-order valence-electron chi connectivity index (χ4n) is 1.52. The second kappa shape index (κ2) is 4.74. The molecule has 0 aliphatic carbocycles. The van der Waals surface area contributed by atoms with Crippen LogP contribution in [0.1, 0.15) is 26.3 Å². The van der Waals surface area contributed by atoms with Crippen molar-refractivity contribution in [3.63, 3.8) is 0 Å². The molecule has 1 atom stereocenters. The van der Waals surface area contributed by atoms with Crippen LogP contribution in [0.5, 0.6) is 11.5 Å². The van der Waals surface area contributed by atoms with Crippen LogP contribution >= 0.6 is 0 Å². The average molecular weight is 224 g/mol. The summed E-state index contributed by atoms with van der Waals surface area (Å²) in [6, 6.07) is 5.45. The number of ether oxygens (including phenoxy) is 2. The van der Waals surface area contributed by atoms with Gasteiger partial charge in [0.05, 0.1) is 19.8 Å². The van der Waals surface area contributed by atoms with E-state index in [1.807, 2.05) is 32.0 Å². The Morgan fingerprint density at radius 2 is 1.81 bits per heavy atom. The molecular weight excluding hydrogens is 204 g/mol. The lowest BCUT2D eigenvalue weighted by Gasteiger charge is -2.30. The summed E-state index contributed by atoms with van der Waals surface area (Å²) >= 11 is 0. The van der Waals surface area contributed by atoms with Crippen LogP contribution in [0.15, 0.2) is 18.2 Å². The minimum atomic E-state index is -0.931. The Balaban J connectivity index is 3.28. The Bertz CT molecular complexity index is 356. The van der Waals surface area contributed by atoms with Crippen molar-refractivity contribution in [3.05, 3.63) is 23.8 Å². The monoisotopic (exact) mass is 224 g/mol. The zero-order valence-corrected chi connectivity index (χ0v) is 10.6. The highest BCUT2D eigenvalue weighted by Gasteiger charge is 2.30. The molecule has 1 N–H and O–H groups in total. The molecule has 0 spiro atoms. The van der Waals surface area contributed by atoms with Gasteiger partial charge in [0.15, 0.2) is 0 Å². The second-order valence-electron chi connectivity index (χ2n) is 4.37. The third-order valence-electron chi connectivity index (χ3n) is 3.08. The van der Waals surface area contributed by atoms with Crippen molar-refractivity contribution >= 4 is 0 Å². The summed E-state index contributed by atoms with van der Waals surface area (Å²) in [4.78, 5) is 0. The molecule has 0 aromatic heterocycles. The Kier molecular flexibility index (Phi) is 3.81. The van der Waals surface area contributed by atoms with Gasteiger partial charge in [-0.25, -0.2) is 0 Å². The van der Waals surface area contributed by atoms with E-state index in [0.717, 1.165) is 11.3 Å². The molecule has 3 heteroatoms. The maximum absolute atomic E-state index is 10.5. The highest BCUT2D eigenvalue weighted by Crippen LogP contribution is 2.37. The van der Waals surface area contributed by atoms with Crippen molar-refractivity contribution in [1.82, 2.24) is 0 Å². The summed E-state index contributed by atoms with van der Waals surface area (Å²) < 4.78 is 10.4. The highest BCUT2D eigenvalue weighted by molar-refractivity contribution is 5.43. The molecule has 0 amide bonds. The standard InChI is InChI=1S/C13H20O3/c1-9(2)13(3,14)11-8-10(15-4)6-7-12(11)16-5/h6-9,14H,1-5H3/t13-/m0/s1. The molecular formula is C13H20O3. The molecule has 0 aliphatic rings. The van der Waals surface area contributed by atoms with E-state index in [9.17, 15) is 5.11 Å². The van der Waals surface area contributed by atoms with E-state index in [-0.39, 0.29) is 5.92 Å². The highest BCUT2D eigenvalue weighted by atomic mass is 16.5. The van der Waals surface area contributed by atoms with E-state index in [4.69, 9.17) is 9.47 Å². The van der Waals surface area contributed by atoms with Gasteiger partial charge in [-0.15, -0.1) is 0 Å². The van der Waals surface area contributed by atoms with Crippen molar-refractivity contribution in [1.29, 1.82) is 0 Å². The van der Waals surface area contributed by atoms with Crippen LogP contribution in [0.2, 0.25) is 0 Å². The first-order valence-electron chi connectivity index (χ1n) is 5.38. The molecule has 0 heterocycles. The normalized spacial score (nSPS) is 14.7. The average Bonchev–Trinajstić information content (AvgIpc) is 2.27. The van der Waals surface area contributed by atoms with Gasteiger partial charge >= 0.3 is 0 Å². The van der Waals surface area contributed by atoms with Crippen LogP contribution in [0.25, 0.3) is 0 Å². The summed E-state index contributed by atoms with van der Waals surface area (Å²) in [7, 11) is 3.21. The predicted octanol–water partition coefficient (Wildman–Crippen LogP) is 2.57. The fourth-order valence-corrected chi connectivity index (χ4v) is 1.52. The molecule has 0 fully saturated rings. The number of benzene rings is 1. The maximum atomic E-state index is 10.5. The lowest BCUT2D eigenvalue weighted by Crippen LogP contribution is -2.28. The minimum absolute atomic E-state index is 0.0912. The third kappa shape index (κ3) is 2.30. The van der Waals surface area contributed by atoms with Gasteiger partial charge in [0.25, 0.3) is 0 Å². The van der Waals surface area contributed by atoms with Crippen molar-refractivity contribution in [3.8, 4) is 11.5 Å². The van der Waals surface area contributed by atoms with Crippen molar-refractivity contribution in [2.45, 2.75) is 26.4 Å². The zero-order chi connectivity index (χ0) is 12.3. The summed E-state index contributed by atoms with van der Waals surface area (Å²) in [5.41, 5.74) is -0.177. The molecule has 0 radical (unpaired) electrons. The van der Waals surface area contributed by atoms with E-state index in [2.05, 4.69) is 0 Å². The lowest BCUT2D eigenvalue weighted by atomic mass is 9.84. The summed E-state index contributed by atoms with van der Waals surface area (Å²) in [6.45, 7) is 5.73. The second-order valence-corrected chi connectivity index (χ2v) is 4.37. The van der Waals surface area contributed by atoms with Gasteiger partial charge in [-0.2, -0.15) is 0 Å². The van der Waals surface area contributed by atoms with E-state index in [1.54, 1.807) is 21.1 Å². The van der Waals surface area contributed by atoms with Crippen LogP contribution in [-0.4, -0.2) is 19.3 Å². The summed E-state index contributed by atoms with van der Waals surface area (Å²) in [6.07, 6.45) is 0. The van der Waals surface area contributed by atoms with Crippen LogP contribution in [0.3, 0.4) is 0 Å². The SMILES string of the molecule is COc1ccc(OC)c([C@@](C)(O)C(C)C)c1. The van der Waals surface area contributed by atoms with E-state index in [0.29, 0.717) is 5.75 Å². The molecule has 90 valence electrons. The number of hydrogen-bond acceptors (Lipinski definition) is 3. The molecule has 16 heavy (non-hydrogen) atoms. The van der Waals surface area contributed by atoms with Gasteiger partial charge in [-0.3, -0.25) is 0 Å². The predicted molar refractivity (Wildman–Crippen MR) is 64.0 cm³/mol. The molecule has 0 saturated heterocycles. The first kappa shape index (κ1) is 12.8. The van der Waals surface area contributed by atoms with E-state index in [1.165, 1.54) is 0 Å². The molecule has 1 aromatic carbocycles. The summed E-state index contributed by atoms with van der Waals surface area (Å²) in [5.74, 6) is 1.49. The van der Waals surface area contributed by atoms with Crippen LogP contribution in [-0.2, 0) is 5.60 Å². The first-order valence-corrected chi connectivity index (χ1v) is 5.38. The van der Waals surface area contributed by atoms with Gasteiger partial charge in [0.1, 0.15) is 11.5 Å². The zero-order valence-electron chi connectivity index (χ0n) is 10.6. The lowest BCUT2D eigenvalue weighted by molar-refractivity contribution is 0.00677. The van der Waals surface area contributed by atoms with Crippen molar-refractivity contribution in [2.24, 2.45) is 5.92 Å². The van der Waals surface area contributed by atoms with Gasteiger partial charge in [-0.05, 0) is 31.0 Å². The van der Waals surface area contributed by atoms with Gasteiger partial charge in [0.2, 0.25) is 0 Å². The van der Waals surface area contributed by atoms with Crippen LogP contribution < -0.4 is 9.47 Å². The summed E-state index contributed by atoms with van der Waals surface area (Å²) in [5, 5.41) is 10.5. The van der Waals surface area contributed by atoms with Crippen molar-refractivity contribution < 1.29 is 14.6 Å². The number of methoxy groups -OCH3 is 2. The first-order chi connectivity index (χ1) is 7.43. The Morgan fingerprint density at radius 3 is 2.25 bits per heavy atom. The maximum Gasteiger partial charge on any atom is 0.125 e. The molecule has 1 aromatic rings. The van der Waals surface area contributed by atoms with E-state index < -0.39 is 5.60 Å². The van der Waals surface area contributed by atoms with Gasteiger partial charge in [-0.1, -0.05) is 13.8 Å². The fraction of sp³-hybridized carbons (Fsp3) is 0.538. The largest absolute Gasteiger partial charge is 0.497 e. The molecule has 3 nitrogen and oxygen atoms in total. The Morgan fingerprint density at radius 1 is 1.19 bits per heavy atom. The van der Waals surface area contributed by atoms with Crippen LogP contribution in [0.4, 0.5) is 0 Å². The Hall–Kier alpha value is -1.22. The molecule has 1 rings (SSSR count). The van der Waals surface area contributed by atoms with Gasteiger partial charge < -0.3 is 14.6 Å². The minimum Gasteiger partial charge on any atom is -0.497 e. The van der Waals surface area contributed by atoms with Crippen molar-refractivity contribution in [2.75, 3.05) is 14.2 Å². The number of aliphatic hydroxyl groups is 1. The Labute approximate surface area is 97.0 Å². The van der Waals surface area contributed by atoms with Gasteiger partial charge in [0, 0.05) is 5.56 Å². The quantitative estimate of drug-likeness (QED) is 0.854. The number of rotatable bonds is 4. The smallest absolute Gasteiger partial charge is 0.125 e. The van der Waals surface area contributed by atoms with Crippen LogP contribution in [0, 0.1) is 5.92 Å². The molecule has 0 bridgehead atoms. The molecule has 0 unspecified atom stereocenters. The molecule has 0 aliphatic heterocycles. The third-order valence-corrected chi connectivity index (χ3v) is 3.08. The van der Waals surface area contributed by atoms with E-state index >= 15 is 0 Å².